The number of allylic oxidation sites excluding steroid dienone is 10. The smallest absolute Gasteiger partial charge is 0.171 e. The van der Waals surface area contributed by atoms with Crippen LogP contribution in [0.15, 0.2) is 118 Å². The van der Waals surface area contributed by atoms with E-state index in [4.69, 9.17) is 23.2 Å². The van der Waals surface area contributed by atoms with E-state index in [0.29, 0.717) is 21.2 Å². The molecule has 0 N–H and O–H groups in total. The Labute approximate surface area is 295 Å². The Balaban J connectivity index is 1.82. The van der Waals surface area contributed by atoms with Gasteiger partial charge in [0.05, 0.1) is 0 Å². The quantitative estimate of drug-likeness (QED) is 0.232. The van der Waals surface area contributed by atoms with Gasteiger partial charge in [0.25, 0.3) is 0 Å². The molecule has 4 rings (SSSR count). The van der Waals surface area contributed by atoms with E-state index in [0.717, 1.165) is 36.8 Å². The Morgan fingerprint density at radius 1 is 0.660 bits per heavy atom. The van der Waals surface area contributed by atoms with Gasteiger partial charge in [-0.25, -0.2) is 8.42 Å². The van der Waals surface area contributed by atoms with Crippen molar-refractivity contribution in [2.45, 2.75) is 104 Å². The van der Waals surface area contributed by atoms with Crippen molar-refractivity contribution in [3.05, 3.63) is 140 Å². The van der Waals surface area contributed by atoms with Gasteiger partial charge in [-0.05, 0) is 124 Å². The zero-order valence-electron chi connectivity index (χ0n) is 29.5. The van der Waals surface area contributed by atoms with E-state index >= 15 is 0 Å². The highest BCUT2D eigenvalue weighted by Crippen LogP contribution is 2.43. The lowest BCUT2D eigenvalue weighted by Gasteiger charge is -2.33. The summed E-state index contributed by atoms with van der Waals surface area (Å²) >= 11 is 12.5. The summed E-state index contributed by atoms with van der Waals surface area (Å²) < 4.78 is 29.9. The average molecular weight is 692 g/mol. The minimum atomic E-state index is -3.87. The molecule has 0 saturated heterocycles. The Hall–Kier alpha value is -2.59. The van der Waals surface area contributed by atoms with Gasteiger partial charge in [0, 0.05) is 10.0 Å². The highest BCUT2D eigenvalue weighted by molar-refractivity contribution is 7.92. The molecular formula is C42H52Cl2O2S. The highest BCUT2D eigenvalue weighted by atomic mass is 35.5. The molecule has 0 amide bonds. The predicted octanol–water partition coefficient (Wildman–Crippen LogP) is 13.2. The minimum absolute atomic E-state index is 0.0950. The summed E-state index contributed by atoms with van der Waals surface area (Å²) in [6.07, 6.45) is 19.2. The minimum Gasteiger partial charge on any atom is -0.227 e. The first kappa shape index (κ1) is 37.2. The van der Waals surface area contributed by atoms with Crippen molar-refractivity contribution in [1.82, 2.24) is 0 Å². The molecule has 0 fully saturated rings. The third-order valence-electron chi connectivity index (χ3n) is 10.0. The molecule has 0 radical (unpaired) electrons. The summed E-state index contributed by atoms with van der Waals surface area (Å²) in [5.41, 5.74) is 8.85. The molecule has 0 aliphatic heterocycles. The summed E-state index contributed by atoms with van der Waals surface area (Å²) in [5, 5.41) is -0.653. The molecule has 2 aliphatic carbocycles. The zero-order chi connectivity index (χ0) is 34.6. The second-order valence-corrected chi connectivity index (χ2v) is 18.0. The first-order valence-corrected chi connectivity index (χ1v) is 19.2. The van der Waals surface area contributed by atoms with Crippen LogP contribution in [0.25, 0.3) is 0 Å². The fourth-order valence-electron chi connectivity index (χ4n) is 7.26. The number of hydrogen-bond donors (Lipinski definition) is 0. The van der Waals surface area contributed by atoms with Crippen molar-refractivity contribution in [2.24, 2.45) is 10.8 Å². The number of rotatable bonds is 10. The highest BCUT2D eigenvalue weighted by Gasteiger charge is 2.34. The first-order chi connectivity index (χ1) is 22.0. The fourth-order valence-corrected chi connectivity index (χ4v) is 9.71. The molecule has 2 nitrogen and oxygen atoms in total. The van der Waals surface area contributed by atoms with Gasteiger partial charge in [0.2, 0.25) is 0 Å². The molecule has 0 heterocycles. The first-order valence-electron chi connectivity index (χ1n) is 16.9. The van der Waals surface area contributed by atoms with Crippen molar-refractivity contribution < 1.29 is 8.42 Å². The van der Waals surface area contributed by atoms with Gasteiger partial charge < -0.3 is 0 Å². The largest absolute Gasteiger partial charge is 0.227 e. The Morgan fingerprint density at radius 3 is 1.32 bits per heavy atom. The maximum Gasteiger partial charge on any atom is 0.171 e. The summed E-state index contributed by atoms with van der Waals surface area (Å²) in [6, 6.07) is 14.4. The Morgan fingerprint density at radius 2 is 1.00 bits per heavy atom. The van der Waals surface area contributed by atoms with Crippen LogP contribution in [-0.2, 0) is 9.84 Å². The van der Waals surface area contributed by atoms with E-state index in [1.807, 2.05) is 50.3 Å². The third-order valence-corrected chi connectivity index (χ3v) is 12.8. The topological polar surface area (TPSA) is 34.1 Å². The summed E-state index contributed by atoms with van der Waals surface area (Å²) in [5.74, 6) is 0. The number of benzene rings is 2. The van der Waals surface area contributed by atoms with Crippen LogP contribution in [0.5, 0.6) is 0 Å². The Kier molecular flexibility index (Phi) is 12.1. The summed E-state index contributed by atoms with van der Waals surface area (Å²) in [4.78, 5) is 0. The van der Waals surface area contributed by atoms with Gasteiger partial charge in [0.15, 0.2) is 9.84 Å². The van der Waals surface area contributed by atoms with Gasteiger partial charge in [0.1, 0.15) is 10.5 Å². The van der Waals surface area contributed by atoms with Gasteiger partial charge in [-0.1, -0.05) is 134 Å². The molecular weight excluding hydrogens is 639 g/mol. The standard InChI is InChI=1S/C42H52Cl2O2S/c1-29(13-23-37-31(3)11-9-25-41(37,5)6)27-39(33-15-19-35(43)20-16-33)47(45,46)40(34-17-21-36(44)22-18-34)28-30(2)14-24-38-32(4)12-10-26-42(38,7)8/h13-24,27-28,39-40H,9-12,25-26H2,1-8H3. The van der Waals surface area contributed by atoms with E-state index in [2.05, 4.69) is 65.8 Å². The predicted molar refractivity (Wildman–Crippen MR) is 204 cm³/mol. The molecule has 0 spiro atoms. The van der Waals surface area contributed by atoms with E-state index in [1.165, 1.54) is 35.1 Å². The van der Waals surface area contributed by atoms with Gasteiger partial charge in [-0.15, -0.1) is 0 Å². The van der Waals surface area contributed by atoms with Gasteiger partial charge >= 0.3 is 0 Å². The van der Waals surface area contributed by atoms with E-state index in [-0.39, 0.29) is 10.8 Å². The maximum atomic E-state index is 15.0. The Bertz CT molecular complexity index is 1600. The zero-order valence-corrected chi connectivity index (χ0v) is 31.8. The molecule has 0 aromatic heterocycles. The van der Waals surface area contributed by atoms with E-state index < -0.39 is 20.3 Å². The molecule has 0 bridgehead atoms. The van der Waals surface area contributed by atoms with Crippen LogP contribution in [0.3, 0.4) is 0 Å². The molecule has 2 aliphatic rings. The SMILES string of the molecule is CC(C=CC1=C(C)CCCC1(C)C)=CC(c1ccc(Cl)cc1)S(=O)(=O)C(C=C(C)C=CC1=C(C)CCCC1(C)C)c1ccc(Cl)cc1. The molecule has 252 valence electrons. The van der Waals surface area contributed by atoms with Crippen LogP contribution in [0.4, 0.5) is 0 Å². The van der Waals surface area contributed by atoms with Crippen LogP contribution in [0, 0.1) is 10.8 Å². The van der Waals surface area contributed by atoms with Crippen molar-refractivity contribution in [1.29, 1.82) is 0 Å². The normalized spacial score (nSPS) is 20.7. The summed E-state index contributed by atoms with van der Waals surface area (Å²) in [6.45, 7) is 17.6. The molecule has 47 heavy (non-hydrogen) atoms. The lowest BCUT2D eigenvalue weighted by molar-refractivity contribution is 0.376. The molecule has 2 unspecified atom stereocenters. The average Bonchev–Trinajstić information content (AvgIpc) is 2.98. The van der Waals surface area contributed by atoms with Crippen LogP contribution in [-0.4, -0.2) is 8.42 Å². The summed E-state index contributed by atoms with van der Waals surface area (Å²) in [7, 11) is -3.87. The molecule has 2 aromatic carbocycles. The monoisotopic (exact) mass is 690 g/mol. The van der Waals surface area contributed by atoms with Crippen LogP contribution < -0.4 is 0 Å². The van der Waals surface area contributed by atoms with Crippen molar-refractivity contribution in [3.63, 3.8) is 0 Å². The van der Waals surface area contributed by atoms with Gasteiger partial charge in [-0.3, -0.25) is 0 Å². The lowest BCUT2D eigenvalue weighted by atomic mass is 9.72. The van der Waals surface area contributed by atoms with Crippen molar-refractivity contribution in [3.8, 4) is 0 Å². The maximum absolute atomic E-state index is 15.0. The number of sulfone groups is 1. The second kappa shape index (κ2) is 15.3. The molecule has 2 atom stereocenters. The van der Waals surface area contributed by atoms with Crippen molar-refractivity contribution in [2.75, 3.05) is 0 Å². The third kappa shape index (κ3) is 9.31. The number of hydrogen-bond acceptors (Lipinski definition) is 2. The van der Waals surface area contributed by atoms with E-state index in [1.54, 1.807) is 24.3 Å². The molecule has 5 heteroatoms. The second-order valence-electron chi connectivity index (χ2n) is 14.9. The molecule has 0 saturated carbocycles. The number of halogens is 2. The van der Waals surface area contributed by atoms with E-state index in [9.17, 15) is 8.42 Å². The van der Waals surface area contributed by atoms with Crippen LogP contribution in [0.1, 0.15) is 116 Å². The van der Waals surface area contributed by atoms with Crippen LogP contribution >= 0.6 is 23.2 Å². The van der Waals surface area contributed by atoms with Crippen LogP contribution in [0.2, 0.25) is 10.0 Å². The van der Waals surface area contributed by atoms with Crippen molar-refractivity contribution >= 4 is 33.0 Å². The van der Waals surface area contributed by atoms with Gasteiger partial charge in [-0.2, -0.15) is 0 Å². The lowest BCUT2D eigenvalue weighted by Crippen LogP contribution is -2.20. The fraction of sp³-hybridized carbons (Fsp3) is 0.429. The molecule has 2 aromatic rings.